The number of fused-ring (bicyclic) bond motifs is 1. The molecule has 0 aliphatic heterocycles. The Hall–Kier alpha value is -0.980. The molecule has 2 rings (SSSR count). The Morgan fingerprint density at radius 3 is 2.73 bits per heavy atom. The molecule has 0 fully saturated rings. The molecule has 1 aliphatic rings. The SMILES string of the molecule is CC(C)c1cc(O)cc2c1[C@@H](C)CCC2. The summed E-state index contributed by atoms with van der Waals surface area (Å²) >= 11 is 0. The van der Waals surface area contributed by atoms with E-state index in [-0.39, 0.29) is 0 Å². The van der Waals surface area contributed by atoms with Crippen LogP contribution in [0.2, 0.25) is 0 Å². The van der Waals surface area contributed by atoms with E-state index in [0.29, 0.717) is 17.6 Å². The molecule has 1 nitrogen and oxygen atoms in total. The van der Waals surface area contributed by atoms with E-state index >= 15 is 0 Å². The summed E-state index contributed by atoms with van der Waals surface area (Å²) < 4.78 is 0. The predicted molar refractivity (Wildman–Crippen MR) is 63.5 cm³/mol. The molecule has 1 atom stereocenters. The molecule has 1 heteroatoms. The quantitative estimate of drug-likeness (QED) is 0.734. The fraction of sp³-hybridized carbons (Fsp3) is 0.571. The Balaban J connectivity index is 2.58. The lowest BCUT2D eigenvalue weighted by Crippen LogP contribution is -2.11. The highest BCUT2D eigenvalue weighted by molar-refractivity contribution is 5.46. The van der Waals surface area contributed by atoms with Crippen molar-refractivity contribution in [1.29, 1.82) is 0 Å². The molecule has 0 amide bonds. The van der Waals surface area contributed by atoms with E-state index in [9.17, 15) is 5.11 Å². The second kappa shape index (κ2) is 3.88. The minimum Gasteiger partial charge on any atom is -0.508 e. The number of hydrogen-bond donors (Lipinski definition) is 1. The van der Waals surface area contributed by atoms with Gasteiger partial charge in [0.2, 0.25) is 0 Å². The van der Waals surface area contributed by atoms with Crippen LogP contribution in [-0.4, -0.2) is 5.11 Å². The van der Waals surface area contributed by atoms with Gasteiger partial charge in [-0.05, 0) is 59.9 Å². The molecule has 15 heavy (non-hydrogen) atoms. The van der Waals surface area contributed by atoms with Gasteiger partial charge >= 0.3 is 0 Å². The number of aromatic hydroxyl groups is 1. The number of rotatable bonds is 1. The van der Waals surface area contributed by atoms with Crippen molar-refractivity contribution >= 4 is 0 Å². The number of aryl methyl sites for hydroxylation is 1. The van der Waals surface area contributed by atoms with Crippen LogP contribution < -0.4 is 0 Å². The normalized spacial score (nSPS) is 20.4. The molecular weight excluding hydrogens is 184 g/mol. The van der Waals surface area contributed by atoms with E-state index in [1.807, 2.05) is 12.1 Å². The summed E-state index contributed by atoms with van der Waals surface area (Å²) in [5.74, 6) is 1.60. The first kappa shape index (κ1) is 10.5. The third-order valence-electron chi connectivity index (χ3n) is 3.48. The van der Waals surface area contributed by atoms with E-state index in [2.05, 4.69) is 20.8 Å². The van der Waals surface area contributed by atoms with Crippen molar-refractivity contribution in [3.8, 4) is 5.75 Å². The third-order valence-corrected chi connectivity index (χ3v) is 3.48. The van der Waals surface area contributed by atoms with Crippen molar-refractivity contribution in [1.82, 2.24) is 0 Å². The van der Waals surface area contributed by atoms with Gasteiger partial charge in [0.15, 0.2) is 0 Å². The average molecular weight is 204 g/mol. The number of phenolic OH excluding ortho intramolecular Hbond substituents is 1. The van der Waals surface area contributed by atoms with Gasteiger partial charge in [0, 0.05) is 0 Å². The van der Waals surface area contributed by atoms with Gasteiger partial charge in [-0.2, -0.15) is 0 Å². The van der Waals surface area contributed by atoms with Gasteiger partial charge in [-0.3, -0.25) is 0 Å². The zero-order chi connectivity index (χ0) is 11.0. The van der Waals surface area contributed by atoms with Gasteiger partial charge in [0.1, 0.15) is 5.75 Å². The molecule has 1 aromatic rings. The molecule has 0 aromatic heterocycles. The lowest BCUT2D eigenvalue weighted by Gasteiger charge is -2.27. The molecule has 0 saturated heterocycles. The molecule has 0 heterocycles. The Kier molecular flexibility index (Phi) is 2.72. The van der Waals surface area contributed by atoms with Crippen LogP contribution in [0, 0.1) is 0 Å². The molecule has 0 spiro atoms. The zero-order valence-corrected chi connectivity index (χ0v) is 9.88. The van der Waals surface area contributed by atoms with E-state index in [1.165, 1.54) is 29.5 Å². The van der Waals surface area contributed by atoms with Crippen LogP contribution in [0.15, 0.2) is 12.1 Å². The van der Waals surface area contributed by atoms with Gasteiger partial charge in [-0.15, -0.1) is 0 Å². The monoisotopic (exact) mass is 204 g/mol. The smallest absolute Gasteiger partial charge is 0.116 e. The van der Waals surface area contributed by atoms with Crippen LogP contribution in [0.1, 0.15) is 62.1 Å². The van der Waals surface area contributed by atoms with Crippen LogP contribution in [0.25, 0.3) is 0 Å². The summed E-state index contributed by atoms with van der Waals surface area (Å²) in [5, 5.41) is 9.70. The highest BCUT2D eigenvalue weighted by Crippen LogP contribution is 2.38. The molecule has 82 valence electrons. The Labute approximate surface area is 92.1 Å². The van der Waals surface area contributed by atoms with Crippen molar-refractivity contribution < 1.29 is 5.11 Å². The Bertz CT molecular complexity index is 366. The van der Waals surface area contributed by atoms with Crippen LogP contribution in [-0.2, 0) is 6.42 Å². The fourth-order valence-corrected chi connectivity index (χ4v) is 2.75. The summed E-state index contributed by atoms with van der Waals surface area (Å²) in [5.41, 5.74) is 4.23. The summed E-state index contributed by atoms with van der Waals surface area (Å²) in [4.78, 5) is 0. The molecule has 0 radical (unpaired) electrons. The van der Waals surface area contributed by atoms with Crippen molar-refractivity contribution in [2.45, 2.75) is 51.9 Å². The number of benzene rings is 1. The minimum atomic E-state index is 0.437. The van der Waals surface area contributed by atoms with Gasteiger partial charge in [-0.25, -0.2) is 0 Å². The molecular formula is C14H20O. The Morgan fingerprint density at radius 1 is 1.33 bits per heavy atom. The second-order valence-corrected chi connectivity index (χ2v) is 5.06. The van der Waals surface area contributed by atoms with Gasteiger partial charge in [-0.1, -0.05) is 20.8 Å². The molecule has 0 unspecified atom stereocenters. The minimum absolute atomic E-state index is 0.437. The predicted octanol–water partition coefficient (Wildman–Crippen LogP) is 3.96. The lowest BCUT2D eigenvalue weighted by atomic mass is 9.78. The van der Waals surface area contributed by atoms with Crippen LogP contribution in [0.5, 0.6) is 5.75 Å². The summed E-state index contributed by atoms with van der Waals surface area (Å²) in [6.45, 7) is 6.72. The first-order valence-corrected chi connectivity index (χ1v) is 5.95. The zero-order valence-electron chi connectivity index (χ0n) is 9.88. The molecule has 0 saturated carbocycles. The van der Waals surface area contributed by atoms with Crippen molar-refractivity contribution in [3.05, 3.63) is 28.8 Å². The van der Waals surface area contributed by atoms with E-state index < -0.39 is 0 Å². The second-order valence-electron chi connectivity index (χ2n) is 5.06. The van der Waals surface area contributed by atoms with Crippen molar-refractivity contribution in [3.63, 3.8) is 0 Å². The van der Waals surface area contributed by atoms with E-state index in [0.717, 1.165) is 6.42 Å². The van der Waals surface area contributed by atoms with Gasteiger partial charge < -0.3 is 5.11 Å². The van der Waals surface area contributed by atoms with E-state index in [1.54, 1.807) is 0 Å². The Morgan fingerprint density at radius 2 is 2.07 bits per heavy atom. The van der Waals surface area contributed by atoms with Crippen LogP contribution >= 0.6 is 0 Å². The molecule has 1 aromatic carbocycles. The highest BCUT2D eigenvalue weighted by Gasteiger charge is 2.21. The maximum Gasteiger partial charge on any atom is 0.116 e. The maximum atomic E-state index is 9.70. The average Bonchev–Trinajstić information content (AvgIpc) is 2.16. The first-order valence-electron chi connectivity index (χ1n) is 5.95. The first-order chi connectivity index (χ1) is 7.09. The maximum absolute atomic E-state index is 9.70. The summed E-state index contributed by atoms with van der Waals surface area (Å²) in [7, 11) is 0. The fourth-order valence-electron chi connectivity index (χ4n) is 2.75. The van der Waals surface area contributed by atoms with Crippen molar-refractivity contribution in [2.24, 2.45) is 0 Å². The van der Waals surface area contributed by atoms with Crippen LogP contribution in [0.3, 0.4) is 0 Å². The topological polar surface area (TPSA) is 20.2 Å². The molecule has 0 bridgehead atoms. The highest BCUT2D eigenvalue weighted by atomic mass is 16.3. The summed E-state index contributed by atoms with van der Waals surface area (Å²) in [6, 6.07) is 3.90. The molecule has 1 N–H and O–H groups in total. The standard InChI is InChI=1S/C14H20O/c1-9(2)13-8-12(15)7-11-6-4-5-10(3)14(11)13/h7-10,15H,4-6H2,1-3H3/t10-/m0/s1. The van der Waals surface area contributed by atoms with E-state index in [4.69, 9.17) is 0 Å². The number of phenols is 1. The molecule has 1 aliphatic carbocycles. The van der Waals surface area contributed by atoms with Gasteiger partial charge in [0.25, 0.3) is 0 Å². The number of hydrogen-bond acceptors (Lipinski definition) is 1. The lowest BCUT2D eigenvalue weighted by molar-refractivity contribution is 0.469. The summed E-state index contributed by atoms with van der Waals surface area (Å²) in [6.07, 6.45) is 3.68. The van der Waals surface area contributed by atoms with Crippen LogP contribution in [0.4, 0.5) is 0 Å². The largest absolute Gasteiger partial charge is 0.508 e. The van der Waals surface area contributed by atoms with Crippen molar-refractivity contribution in [2.75, 3.05) is 0 Å². The third kappa shape index (κ3) is 1.88. The van der Waals surface area contributed by atoms with Gasteiger partial charge in [0.05, 0.1) is 0 Å².